The second kappa shape index (κ2) is 9.67. The van der Waals surface area contributed by atoms with Crippen LogP contribution < -0.4 is 14.8 Å². The van der Waals surface area contributed by atoms with Crippen LogP contribution in [0.2, 0.25) is 0 Å². The smallest absolute Gasteiger partial charge is 0.223 e. The summed E-state index contributed by atoms with van der Waals surface area (Å²) in [6.45, 7) is 7.41. The molecule has 1 heterocycles. The lowest BCUT2D eigenvalue weighted by Gasteiger charge is -2.12. The maximum absolute atomic E-state index is 12.0. The molecule has 0 unspecified atom stereocenters. The Labute approximate surface area is 149 Å². The molecule has 2 rings (SSSR count). The van der Waals surface area contributed by atoms with E-state index in [4.69, 9.17) is 9.47 Å². The largest absolute Gasteiger partial charge is 0.493 e. The number of rotatable bonds is 9. The van der Waals surface area contributed by atoms with Gasteiger partial charge in [-0.05, 0) is 37.5 Å². The standard InChI is InChI=1S/C20H26N2O3/c1-4-12-25-20-17(9-6-11-21-20)14-22-18(23)10-13-24-19-15(2)7-5-8-16(19)3/h5-9,11H,4,10,12-14H2,1-3H3,(H,22,23). The number of carbonyl (C=O) groups is 1. The van der Waals surface area contributed by atoms with E-state index < -0.39 is 0 Å². The van der Waals surface area contributed by atoms with Gasteiger partial charge in [-0.3, -0.25) is 4.79 Å². The highest BCUT2D eigenvalue weighted by atomic mass is 16.5. The molecule has 5 nitrogen and oxygen atoms in total. The lowest BCUT2D eigenvalue weighted by atomic mass is 10.1. The molecule has 0 atom stereocenters. The zero-order valence-corrected chi connectivity index (χ0v) is 15.2. The van der Waals surface area contributed by atoms with Crippen molar-refractivity contribution in [2.75, 3.05) is 13.2 Å². The van der Waals surface area contributed by atoms with Crippen LogP contribution in [0, 0.1) is 13.8 Å². The van der Waals surface area contributed by atoms with Crippen LogP contribution in [0.3, 0.4) is 0 Å². The Morgan fingerprint density at radius 1 is 1.08 bits per heavy atom. The average molecular weight is 342 g/mol. The van der Waals surface area contributed by atoms with E-state index in [0.29, 0.717) is 32.1 Å². The van der Waals surface area contributed by atoms with E-state index in [1.807, 2.05) is 51.1 Å². The number of amides is 1. The molecule has 1 aromatic carbocycles. The lowest BCUT2D eigenvalue weighted by molar-refractivity contribution is -0.121. The second-order valence-corrected chi connectivity index (χ2v) is 5.91. The van der Waals surface area contributed by atoms with Gasteiger partial charge in [0.05, 0.1) is 19.6 Å². The van der Waals surface area contributed by atoms with E-state index in [-0.39, 0.29) is 5.91 Å². The summed E-state index contributed by atoms with van der Waals surface area (Å²) in [6.07, 6.45) is 2.91. The maximum Gasteiger partial charge on any atom is 0.223 e. The Balaban J connectivity index is 1.80. The Morgan fingerprint density at radius 2 is 1.84 bits per heavy atom. The molecule has 1 N–H and O–H groups in total. The van der Waals surface area contributed by atoms with Gasteiger partial charge in [0.1, 0.15) is 5.75 Å². The molecule has 0 aliphatic heterocycles. The fraction of sp³-hybridized carbons (Fsp3) is 0.400. The molecule has 134 valence electrons. The molecular weight excluding hydrogens is 316 g/mol. The summed E-state index contributed by atoms with van der Waals surface area (Å²) in [7, 11) is 0. The minimum atomic E-state index is -0.0588. The highest BCUT2D eigenvalue weighted by Gasteiger charge is 2.08. The molecule has 0 saturated carbocycles. The monoisotopic (exact) mass is 342 g/mol. The molecule has 2 aromatic rings. The van der Waals surface area contributed by atoms with Crippen molar-refractivity contribution in [2.24, 2.45) is 0 Å². The summed E-state index contributed by atoms with van der Waals surface area (Å²) in [5, 5.41) is 2.89. The number of aryl methyl sites for hydroxylation is 2. The quantitative estimate of drug-likeness (QED) is 0.757. The van der Waals surface area contributed by atoms with Crippen LogP contribution in [0.1, 0.15) is 36.5 Å². The number of para-hydroxylation sites is 1. The van der Waals surface area contributed by atoms with Crippen LogP contribution in [0.5, 0.6) is 11.6 Å². The molecule has 5 heteroatoms. The van der Waals surface area contributed by atoms with Crippen LogP contribution in [0.25, 0.3) is 0 Å². The van der Waals surface area contributed by atoms with Gasteiger partial charge in [0, 0.05) is 18.3 Å². The number of pyridine rings is 1. The van der Waals surface area contributed by atoms with Crippen LogP contribution in [0.15, 0.2) is 36.5 Å². The maximum atomic E-state index is 12.0. The van der Waals surface area contributed by atoms with Crippen molar-refractivity contribution in [2.45, 2.75) is 40.2 Å². The number of nitrogens with one attached hydrogen (secondary N) is 1. The zero-order chi connectivity index (χ0) is 18.1. The van der Waals surface area contributed by atoms with Gasteiger partial charge in [-0.15, -0.1) is 0 Å². The first-order valence-electron chi connectivity index (χ1n) is 8.64. The van der Waals surface area contributed by atoms with Crippen LogP contribution in [0.4, 0.5) is 0 Å². The topological polar surface area (TPSA) is 60.5 Å². The summed E-state index contributed by atoms with van der Waals surface area (Å²) in [4.78, 5) is 16.3. The fourth-order valence-corrected chi connectivity index (χ4v) is 2.44. The third-order valence-corrected chi connectivity index (χ3v) is 3.75. The van der Waals surface area contributed by atoms with Crippen molar-refractivity contribution < 1.29 is 14.3 Å². The molecule has 1 aromatic heterocycles. The minimum Gasteiger partial charge on any atom is -0.493 e. The van der Waals surface area contributed by atoms with Gasteiger partial charge < -0.3 is 14.8 Å². The van der Waals surface area contributed by atoms with Crippen molar-refractivity contribution in [1.29, 1.82) is 0 Å². The van der Waals surface area contributed by atoms with Gasteiger partial charge in [-0.2, -0.15) is 0 Å². The van der Waals surface area contributed by atoms with Gasteiger partial charge in [0.15, 0.2) is 0 Å². The van der Waals surface area contributed by atoms with Crippen LogP contribution in [-0.2, 0) is 11.3 Å². The number of hydrogen-bond donors (Lipinski definition) is 1. The minimum absolute atomic E-state index is 0.0588. The lowest BCUT2D eigenvalue weighted by Crippen LogP contribution is -2.25. The van der Waals surface area contributed by atoms with E-state index in [1.54, 1.807) is 6.20 Å². The van der Waals surface area contributed by atoms with E-state index in [2.05, 4.69) is 10.3 Å². The molecule has 0 spiro atoms. The molecule has 25 heavy (non-hydrogen) atoms. The summed E-state index contributed by atoms with van der Waals surface area (Å²) in [5.74, 6) is 1.38. The van der Waals surface area contributed by atoms with Gasteiger partial charge in [-0.25, -0.2) is 4.98 Å². The van der Waals surface area contributed by atoms with Gasteiger partial charge in [-0.1, -0.05) is 31.2 Å². The Bertz CT molecular complexity index is 681. The Morgan fingerprint density at radius 3 is 2.56 bits per heavy atom. The second-order valence-electron chi connectivity index (χ2n) is 5.91. The number of hydrogen-bond acceptors (Lipinski definition) is 4. The van der Waals surface area contributed by atoms with E-state index >= 15 is 0 Å². The number of carbonyl (C=O) groups excluding carboxylic acids is 1. The summed E-state index contributed by atoms with van der Waals surface area (Å²) >= 11 is 0. The van der Waals surface area contributed by atoms with Crippen molar-refractivity contribution in [3.05, 3.63) is 53.2 Å². The molecule has 0 bridgehead atoms. The summed E-state index contributed by atoms with van der Waals surface area (Å²) < 4.78 is 11.4. The fourth-order valence-electron chi connectivity index (χ4n) is 2.44. The molecular formula is C20H26N2O3. The number of benzene rings is 1. The van der Waals surface area contributed by atoms with Gasteiger partial charge in [0.25, 0.3) is 0 Å². The highest BCUT2D eigenvalue weighted by molar-refractivity contribution is 5.76. The third kappa shape index (κ3) is 5.78. The van der Waals surface area contributed by atoms with Crippen molar-refractivity contribution in [1.82, 2.24) is 10.3 Å². The van der Waals surface area contributed by atoms with E-state index in [0.717, 1.165) is 28.9 Å². The summed E-state index contributed by atoms with van der Waals surface area (Å²) in [5.41, 5.74) is 3.03. The molecule has 0 fully saturated rings. The first-order chi connectivity index (χ1) is 12.1. The molecule has 0 aliphatic carbocycles. The van der Waals surface area contributed by atoms with Gasteiger partial charge >= 0.3 is 0 Å². The van der Waals surface area contributed by atoms with Crippen LogP contribution >= 0.6 is 0 Å². The number of ether oxygens (including phenoxy) is 2. The first-order valence-corrected chi connectivity index (χ1v) is 8.64. The van der Waals surface area contributed by atoms with Crippen LogP contribution in [-0.4, -0.2) is 24.1 Å². The van der Waals surface area contributed by atoms with Crippen molar-refractivity contribution >= 4 is 5.91 Å². The zero-order valence-electron chi connectivity index (χ0n) is 15.2. The molecule has 0 saturated heterocycles. The molecule has 1 amide bonds. The molecule has 0 radical (unpaired) electrons. The van der Waals surface area contributed by atoms with E-state index in [9.17, 15) is 4.79 Å². The normalized spacial score (nSPS) is 10.4. The Hall–Kier alpha value is -2.56. The predicted molar refractivity (Wildman–Crippen MR) is 97.9 cm³/mol. The number of aromatic nitrogens is 1. The highest BCUT2D eigenvalue weighted by Crippen LogP contribution is 2.22. The SMILES string of the molecule is CCCOc1ncccc1CNC(=O)CCOc1c(C)cccc1C. The first kappa shape index (κ1) is 18.8. The molecule has 0 aliphatic rings. The third-order valence-electron chi connectivity index (χ3n) is 3.75. The average Bonchev–Trinajstić information content (AvgIpc) is 2.61. The summed E-state index contributed by atoms with van der Waals surface area (Å²) in [6, 6.07) is 9.75. The van der Waals surface area contributed by atoms with Gasteiger partial charge in [0.2, 0.25) is 11.8 Å². The van der Waals surface area contributed by atoms with Crippen molar-refractivity contribution in [3.8, 4) is 11.6 Å². The van der Waals surface area contributed by atoms with Crippen molar-refractivity contribution in [3.63, 3.8) is 0 Å². The Kier molecular flexibility index (Phi) is 7.26. The number of nitrogens with zero attached hydrogens (tertiary/aromatic N) is 1. The van der Waals surface area contributed by atoms with E-state index in [1.165, 1.54) is 0 Å². The predicted octanol–water partition coefficient (Wildman–Crippen LogP) is 3.57.